The van der Waals surface area contributed by atoms with Crippen LogP contribution in [0.25, 0.3) is 0 Å². The molecule has 0 aliphatic heterocycles. The summed E-state index contributed by atoms with van der Waals surface area (Å²) in [4.78, 5) is 11.9. The van der Waals surface area contributed by atoms with E-state index in [4.69, 9.17) is 23.2 Å². The van der Waals surface area contributed by atoms with Crippen LogP contribution < -0.4 is 5.32 Å². The Morgan fingerprint density at radius 3 is 2.62 bits per heavy atom. The van der Waals surface area contributed by atoms with Gasteiger partial charge < -0.3 is 5.32 Å². The van der Waals surface area contributed by atoms with Crippen LogP contribution in [0.3, 0.4) is 0 Å². The zero-order chi connectivity index (χ0) is 12.1. The van der Waals surface area contributed by atoms with Crippen molar-refractivity contribution in [3.8, 4) is 0 Å². The number of carbonyl (C=O) groups is 1. The standard InChI is InChI=1S/C12H15Cl2NO/c1-3-15-8(2)6-12(16)9-4-5-10(13)11(14)7-9/h4-5,7-8,15H,3,6H2,1-2H3. The molecule has 0 saturated carbocycles. The predicted molar refractivity (Wildman–Crippen MR) is 68.5 cm³/mol. The van der Waals surface area contributed by atoms with E-state index in [-0.39, 0.29) is 11.8 Å². The Balaban J connectivity index is 2.69. The molecule has 0 aliphatic carbocycles. The second-order valence-electron chi connectivity index (χ2n) is 3.71. The van der Waals surface area contributed by atoms with Crippen molar-refractivity contribution in [3.05, 3.63) is 33.8 Å². The summed E-state index contributed by atoms with van der Waals surface area (Å²) in [5.41, 5.74) is 0.610. The van der Waals surface area contributed by atoms with E-state index in [0.717, 1.165) is 6.54 Å². The van der Waals surface area contributed by atoms with Crippen molar-refractivity contribution in [2.45, 2.75) is 26.3 Å². The molecule has 1 N–H and O–H groups in total. The highest BCUT2D eigenvalue weighted by Crippen LogP contribution is 2.23. The van der Waals surface area contributed by atoms with Crippen molar-refractivity contribution < 1.29 is 4.79 Å². The van der Waals surface area contributed by atoms with Gasteiger partial charge in [0.15, 0.2) is 5.78 Å². The number of Topliss-reactive ketones (excluding diaryl/α,β-unsaturated/α-hetero) is 1. The first-order valence-corrected chi connectivity index (χ1v) is 6.01. The second kappa shape index (κ2) is 6.24. The molecule has 4 heteroatoms. The number of carbonyl (C=O) groups excluding carboxylic acids is 1. The lowest BCUT2D eigenvalue weighted by Gasteiger charge is -2.11. The number of ketones is 1. The largest absolute Gasteiger partial charge is 0.314 e. The van der Waals surface area contributed by atoms with E-state index in [2.05, 4.69) is 5.32 Å². The summed E-state index contributed by atoms with van der Waals surface area (Å²) in [5.74, 6) is 0.0759. The van der Waals surface area contributed by atoms with Crippen molar-refractivity contribution in [2.24, 2.45) is 0 Å². The summed E-state index contributed by atoms with van der Waals surface area (Å²) >= 11 is 11.6. The molecule has 1 rings (SSSR count). The first kappa shape index (κ1) is 13.5. The van der Waals surface area contributed by atoms with Gasteiger partial charge in [0.2, 0.25) is 0 Å². The molecule has 0 aliphatic rings. The minimum Gasteiger partial charge on any atom is -0.314 e. The SMILES string of the molecule is CCNC(C)CC(=O)c1ccc(Cl)c(Cl)c1. The minimum absolute atomic E-state index is 0.0759. The third-order valence-corrected chi connectivity index (χ3v) is 3.02. The highest BCUT2D eigenvalue weighted by Gasteiger charge is 2.11. The number of hydrogen-bond acceptors (Lipinski definition) is 2. The first-order valence-electron chi connectivity index (χ1n) is 5.26. The highest BCUT2D eigenvalue weighted by atomic mass is 35.5. The Morgan fingerprint density at radius 2 is 2.06 bits per heavy atom. The number of rotatable bonds is 5. The third-order valence-electron chi connectivity index (χ3n) is 2.29. The Hall–Kier alpha value is -0.570. The molecule has 1 aromatic rings. The van der Waals surface area contributed by atoms with E-state index in [0.29, 0.717) is 22.0 Å². The molecule has 0 aromatic heterocycles. The topological polar surface area (TPSA) is 29.1 Å². The molecule has 1 aromatic carbocycles. The molecule has 0 amide bonds. The molecule has 88 valence electrons. The molecule has 0 radical (unpaired) electrons. The van der Waals surface area contributed by atoms with Gasteiger partial charge in [-0.25, -0.2) is 0 Å². The number of benzene rings is 1. The van der Waals surface area contributed by atoms with E-state index < -0.39 is 0 Å². The van der Waals surface area contributed by atoms with Crippen molar-refractivity contribution in [2.75, 3.05) is 6.54 Å². The maximum atomic E-state index is 11.9. The van der Waals surface area contributed by atoms with Crippen molar-refractivity contribution >= 4 is 29.0 Å². The maximum Gasteiger partial charge on any atom is 0.164 e. The lowest BCUT2D eigenvalue weighted by molar-refractivity contribution is 0.0972. The van der Waals surface area contributed by atoms with Crippen LogP contribution in [0.15, 0.2) is 18.2 Å². The Morgan fingerprint density at radius 1 is 1.38 bits per heavy atom. The van der Waals surface area contributed by atoms with Crippen LogP contribution in [-0.4, -0.2) is 18.4 Å². The molecule has 0 bridgehead atoms. The van der Waals surface area contributed by atoms with Gasteiger partial charge in [0.25, 0.3) is 0 Å². The molecular formula is C12H15Cl2NO. The third kappa shape index (κ3) is 3.78. The molecule has 2 nitrogen and oxygen atoms in total. The Bertz CT molecular complexity index is 379. The molecule has 1 unspecified atom stereocenters. The predicted octanol–water partition coefficient (Wildman–Crippen LogP) is 3.56. The summed E-state index contributed by atoms with van der Waals surface area (Å²) in [5, 5.41) is 4.08. The van der Waals surface area contributed by atoms with Crippen LogP contribution in [0.4, 0.5) is 0 Å². The summed E-state index contributed by atoms with van der Waals surface area (Å²) in [6.07, 6.45) is 0.464. The fourth-order valence-electron chi connectivity index (χ4n) is 1.49. The second-order valence-corrected chi connectivity index (χ2v) is 4.53. The van der Waals surface area contributed by atoms with Gasteiger partial charge in [-0.1, -0.05) is 30.1 Å². The van der Waals surface area contributed by atoms with Gasteiger partial charge in [-0.15, -0.1) is 0 Å². The minimum atomic E-state index is 0.0759. The number of halogens is 2. The van der Waals surface area contributed by atoms with Crippen LogP contribution in [0.2, 0.25) is 10.0 Å². The van der Waals surface area contributed by atoms with Gasteiger partial charge >= 0.3 is 0 Å². The highest BCUT2D eigenvalue weighted by molar-refractivity contribution is 6.42. The lowest BCUT2D eigenvalue weighted by Crippen LogP contribution is -2.28. The Labute approximate surface area is 106 Å². The molecule has 1 atom stereocenters. The molecule has 0 fully saturated rings. The fourth-order valence-corrected chi connectivity index (χ4v) is 1.78. The van der Waals surface area contributed by atoms with Crippen LogP contribution in [0.1, 0.15) is 30.6 Å². The smallest absolute Gasteiger partial charge is 0.164 e. The normalized spacial score (nSPS) is 12.5. The summed E-state index contributed by atoms with van der Waals surface area (Å²) < 4.78 is 0. The van der Waals surface area contributed by atoms with Crippen LogP contribution in [0.5, 0.6) is 0 Å². The van der Waals surface area contributed by atoms with Crippen molar-refractivity contribution in [1.82, 2.24) is 5.32 Å². The molecular weight excluding hydrogens is 245 g/mol. The lowest BCUT2D eigenvalue weighted by atomic mass is 10.0. The fraction of sp³-hybridized carbons (Fsp3) is 0.417. The summed E-state index contributed by atoms with van der Waals surface area (Å²) in [7, 11) is 0. The van der Waals surface area contributed by atoms with Gasteiger partial charge in [0.05, 0.1) is 10.0 Å². The molecule has 0 heterocycles. The van der Waals surface area contributed by atoms with E-state index in [1.54, 1.807) is 18.2 Å². The quantitative estimate of drug-likeness (QED) is 0.820. The van der Waals surface area contributed by atoms with Gasteiger partial charge in [-0.05, 0) is 31.7 Å². The molecule has 16 heavy (non-hydrogen) atoms. The zero-order valence-electron chi connectivity index (χ0n) is 9.39. The zero-order valence-corrected chi connectivity index (χ0v) is 10.9. The first-order chi connectivity index (χ1) is 7.54. The van der Waals surface area contributed by atoms with E-state index in [1.165, 1.54) is 0 Å². The maximum absolute atomic E-state index is 11.9. The van der Waals surface area contributed by atoms with Crippen LogP contribution in [-0.2, 0) is 0 Å². The average molecular weight is 260 g/mol. The van der Waals surface area contributed by atoms with Crippen molar-refractivity contribution in [3.63, 3.8) is 0 Å². The van der Waals surface area contributed by atoms with E-state index >= 15 is 0 Å². The average Bonchev–Trinajstić information content (AvgIpc) is 2.22. The monoisotopic (exact) mass is 259 g/mol. The van der Waals surface area contributed by atoms with Crippen molar-refractivity contribution in [1.29, 1.82) is 0 Å². The van der Waals surface area contributed by atoms with Gasteiger partial charge in [0, 0.05) is 18.0 Å². The van der Waals surface area contributed by atoms with Crippen LogP contribution in [0, 0.1) is 0 Å². The number of hydrogen-bond donors (Lipinski definition) is 1. The number of nitrogens with one attached hydrogen (secondary N) is 1. The van der Waals surface area contributed by atoms with E-state index in [1.807, 2.05) is 13.8 Å². The Kier molecular flexibility index (Phi) is 5.26. The van der Waals surface area contributed by atoms with Crippen LogP contribution >= 0.6 is 23.2 Å². The van der Waals surface area contributed by atoms with E-state index in [9.17, 15) is 4.79 Å². The summed E-state index contributed by atoms with van der Waals surface area (Å²) in [6, 6.07) is 5.14. The van der Waals surface area contributed by atoms with Gasteiger partial charge in [-0.3, -0.25) is 4.79 Å². The molecule has 0 spiro atoms. The molecule has 0 saturated heterocycles. The summed E-state index contributed by atoms with van der Waals surface area (Å²) in [6.45, 7) is 4.86. The van der Waals surface area contributed by atoms with Gasteiger partial charge in [-0.2, -0.15) is 0 Å². The van der Waals surface area contributed by atoms with Gasteiger partial charge in [0.1, 0.15) is 0 Å².